The fourth-order valence-corrected chi connectivity index (χ4v) is 28.6. The van der Waals surface area contributed by atoms with Crippen LogP contribution in [0.3, 0.4) is 0 Å². The summed E-state index contributed by atoms with van der Waals surface area (Å²) in [5.74, 6) is 2.25. The first-order valence-corrected chi connectivity index (χ1v) is 15.0. The highest BCUT2D eigenvalue weighted by molar-refractivity contribution is 9.41. The van der Waals surface area contributed by atoms with E-state index in [4.69, 9.17) is 24.5 Å². The van der Waals surface area contributed by atoms with Gasteiger partial charge in [0.25, 0.3) is 0 Å². The summed E-state index contributed by atoms with van der Waals surface area (Å²) >= 11 is 11.2. The number of hydrogen-bond donors (Lipinski definition) is 0. The fraction of sp³-hybridized carbons (Fsp3) is 0. The van der Waals surface area contributed by atoms with E-state index >= 15 is 0 Å². The van der Waals surface area contributed by atoms with E-state index in [0.29, 0.717) is 0 Å². The summed E-state index contributed by atoms with van der Waals surface area (Å²) in [5, 5.41) is 1.43. The van der Waals surface area contributed by atoms with Crippen molar-refractivity contribution < 1.29 is 0 Å². The smallest absolute Gasteiger partial charge is 0.106 e. The molecule has 2 bridgehead atoms. The van der Waals surface area contributed by atoms with Crippen LogP contribution in [0.2, 0.25) is 0 Å². The maximum Gasteiger partial charge on any atom is 0.106 e. The van der Waals surface area contributed by atoms with Crippen LogP contribution in [0.1, 0.15) is 0 Å². The highest BCUT2D eigenvalue weighted by Gasteiger charge is 2.43. The molecule has 3 aliphatic heterocycles. The van der Waals surface area contributed by atoms with Crippen LogP contribution in [0.4, 0.5) is 0 Å². The lowest BCUT2D eigenvalue weighted by Gasteiger charge is -2.40. The van der Waals surface area contributed by atoms with Crippen LogP contribution in [-0.2, 0) is 24.5 Å². The van der Waals surface area contributed by atoms with Gasteiger partial charge in [0.2, 0.25) is 0 Å². The lowest BCUT2D eigenvalue weighted by Crippen LogP contribution is -2.02. The molecule has 2 atom stereocenters. The summed E-state index contributed by atoms with van der Waals surface area (Å²) in [6, 6.07) is 0. The van der Waals surface area contributed by atoms with Crippen LogP contribution in [0.5, 0.6) is 0 Å². The molecule has 0 fully saturated rings. The zero-order valence-electron chi connectivity index (χ0n) is 6.58. The van der Waals surface area contributed by atoms with E-state index < -0.39 is 11.2 Å². The highest BCUT2D eigenvalue weighted by Crippen LogP contribution is 2.95. The second kappa shape index (κ2) is 4.13. The van der Waals surface area contributed by atoms with Crippen LogP contribution in [0.15, 0.2) is 33.8 Å². The van der Waals surface area contributed by atoms with Crippen molar-refractivity contribution in [1.29, 1.82) is 0 Å². The lowest BCUT2D eigenvalue weighted by atomic mass is 10.1. The molecule has 14 heavy (non-hydrogen) atoms. The molecule has 1 aliphatic carbocycles. The van der Waals surface area contributed by atoms with Crippen molar-refractivity contribution in [3.05, 3.63) is 33.8 Å². The van der Waals surface area contributed by atoms with Crippen molar-refractivity contribution in [2.45, 2.75) is 0 Å². The maximum atomic E-state index is 5.77. The van der Waals surface area contributed by atoms with Crippen molar-refractivity contribution >= 4 is 77.7 Å². The predicted molar refractivity (Wildman–Crippen MR) is 83.2 cm³/mol. The molecule has 8 heteroatoms. The third-order valence-electron chi connectivity index (χ3n) is 1.90. The molecule has 0 radical (unpaired) electrons. The molecule has 0 N–H and O–H groups in total. The minimum Gasteiger partial charge on any atom is -0.743 e. The molecule has 0 amide bonds. The van der Waals surface area contributed by atoms with Crippen molar-refractivity contribution in [3.63, 3.8) is 0 Å². The van der Waals surface area contributed by atoms with Gasteiger partial charge in [-0.25, -0.2) is 0 Å². The molecule has 0 spiro atoms. The quantitative estimate of drug-likeness (QED) is 0.319. The summed E-state index contributed by atoms with van der Waals surface area (Å²) in [7, 11) is 7.41. The first kappa shape index (κ1) is 11.3. The largest absolute Gasteiger partial charge is 0.743 e. The molecule has 0 aromatic carbocycles. The number of hydrogen-bond acceptors (Lipinski definition) is 6. The molecule has 2 unspecified atom stereocenters. The minimum atomic E-state index is -1.40. The monoisotopic (exact) mass is 329 g/mol. The maximum absolute atomic E-state index is 5.77. The molecule has 0 nitrogen and oxygen atoms in total. The molecular weight excluding hydrogens is 326 g/mol. The number of rotatable bonds is 0. The van der Waals surface area contributed by atoms with Crippen molar-refractivity contribution in [3.8, 4) is 0 Å². The second-order valence-electron chi connectivity index (χ2n) is 2.72. The van der Waals surface area contributed by atoms with E-state index in [1.54, 1.807) is 0 Å². The summed E-state index contributed by atoms with van der Waals surface area (Å²) < 4.78 is 0. The average Bonchev–Trinajstić information content (AvgIpc) is 2.06. The van der Waals surface area contributed by atoms with Gasteiger partial charge in [-0.3, -0.25) is 0 Å². The molecular formula is C6H3P2S6-. The third-order valence-corrected chi connectivity index (χ3v) is 25.8. The molecule has 74 valence electrons. The van der Waals surface area contributed by atoms with E-state index in [1.807, 2.05) is 42.0 Å². The van der Waals surface area contributed by atoms with Gasteiger partial charge in [0, 0.05) is 10.5 Å². The molecule has 3 heterocycles. The third kappa shape index (κ3) is 1.78. The van der Waals surface area contributed by atoms with E-state index in [1.165, 1.54) is 15.8 Å². The van der Waals surface area contributed by atoms with Gasteiger partial charge in [-0.15, -0.1) is 0 Å². The Balaban J connectivity index is 2.11. The minimum absolute atomic E-state index is 0.434. The van der Waals surface area contributed by atoms with E-state index in [9.17, 15) is 0 Å². The van der Waals surface area contributed by atoms with Gasteiger partial charge in [-0.05, 0) is 33.4 Å². The Kier molecular flexibility index (Phi) is 3.33. The van der Waals surface area contributed by atoms with Gasteiger partial charge in [0.15, 0.2) is 0 Å². The zero-order valence-corrected chi connectivity index (χ0v) is 13.3. The van der Waals surface area contributed by atoms with Gasteiger partial charge < -0.3 is 24.5 Å². The summed E-state index contributed by atoms with van der Waals surface area (Å²) in [6.07, 6.45) is 3.95. The second-order valence-corrected chi connectivity index (χ2v) is 22.0. The molecule has 0 saturated carbocycles. The van der Waals surface area contributed by atoms with Crippen molar-refractivity contribution in [2.75, 3.05) is 0 Å². The average molecular weight is 329 g/mol. The Bertz CT molecular complexity index is 388. The molecule has 0 saturated heterocycles. The Morgan fingerprint density at radius 3 is 2.86 bits per heavy atom. The van der Waals surface area contributed by atoms with Gasteiger partial charge in [-0.1, -0.05) is 5.82 Å². The van der Waals surface area contributed by atoms with E-state index in [-0.39, 0.29) is 0 Å². The van der Waals surface area contributed by atoms with Crippen molar-refractivity contribution in [2.24, 2.45) is 0 Å². The van der Waals surface area contributed by atoms with Crippen LogP contribution in [0.25, 0.3) is 0 Å². The zero-order chi connectivity index (χ0) is 9.76. The predicted octanol–water partition coefficient (Wildman–Crippen LogP) is 5.61. The highest BCUT2D eigenvalue weighted by atomic mass is 33.7. The molecule has 0 aromatic heterocycles. The first-order chi connectivity index (χ1) is 6.69. The van der Waals surface area contributed by atoms with Crippen LogP contribution in [0, 0.1) is 0 Å². The summed E-state index contributed by atoms with van der Waals surface area (Å²) in [4.78, 5) is -0.0403. The van der Waals surface area contributed by atoms with E-state index in [2.05, 4.69) is 18.0 Å². The summed E-state index contributed by atoms with van der Waals surface area (Å²) in [5.41, 5.74) is 1.39. The van der Waals surface area contributed by atoms with Crippen LogP contribution < -0.4 is 0 Å². The topological polar surface area (TPSA) is 0 Å². The van der Waals surface area contributed by atoms with Gasteiger partial charge in [-0.2, -0.15) is 6.33 Å². The van der Waals surface area contributed by atoms with Gasteiger partial charge >= 0.3 is 0 Å². The Hall–Kier alpha value is 2.18. The number of allylic oxidation sites excluding steroid dienone is 4. The summed E-state index contributed by atoms with van der Waals surface area (Å²) in [6.45, 7) is 0. The molecule has 4 aliphatic rings. The van der Waals surface area contributed by atoms with E-state index in [0.717, 1.165) is 0 Å². The normalized spacial score (nSPS) is 43.6. The molecule has 4 rings (SSSR count). The SMILES string of the molecule is [S-]P1/C=C2\SS[P+]([S-])(SS1)C1=C2C=C1. The first-order valence-electron chi connectivity index (χ1n) is 3.63. The van der Waals surface area contributed by atoms with Crippen LogP contribution in [-0.4, -0.2) is 0 Å². The Morgan fingerprint density at radius 2 is 2.14 bits per heavy atom. The van der Waals surface area contributed by atoms with Crippen LogP contribution >= 0.6 is 53.2 Å². The lowest BCUT2D eigenvalue weighted by molar-refractivity contribution is 1.55. The Labute approximate surface area is 110 Å². The van der Waals surface area contributed by atoms with Gasteiger partial charge in [0.1, 0.15) is 5.31 Å². The van der Waals surface area contributed by atoms with Crippen molar-refractivity contribution in [1.82, 2.24) is 0 Å². The fourth-order valence-electron chi connectivity index (χ4n) is 1.20. The number of fused-ring (bicyclic) bond motifs is 4. The van der Waals surface area contributed by atoms with Gasteiger partial charge in [0.05, 0.1) is 25.7 Å². The standard InChI is InChI=1S/C6H3P2S6/c9-7-3-6-4-1-2-5(4)8(10,13-11-6)14-12-7/h1-3H/q-1/b6-3-. The Morgan fingerprint density at radius 1 is 1.29 bits per heavy atom. The molecule has 0 aromatic rings.